The topological polar surface area (TPSA) is 33.1 Å². The summed E-state index contributed by atoms with van der Waals surface area (Å²) >= 11 is 0. The number of benzene rings is 1. The zero-order chi connectivity index (χ0) is 12.1. The maximum absolute atomic E-state index is 10.4. The molecule has 88 valence electrons. The third kappa shape index (κ3) is 3.68. The van der Waals surface area contributed by atoms with Crippen LogP contribution >= 0.6 is 0 Å². The third-order valence-corrected chi connectivity index (χ3v) is 2.74. The molecule has 1 heterocycles. The average molecular weight is 227 g/mol. The zero-order valence-electron chi connectivity index (χ0n) is 10.0. The van der Waals surface area contributed by atoms with Crippen molar-refractivity contribution in [2.24, 2.45) is 0 Å². The molecule has 2 nitrogen and oxygen atoms in total. The molecule has 0 aliphatic heterocycles. The smallest absolute Gasteiger partial charge is 0.0700 e. The van der Waals surface area contributed by atoms with Crippen molar-refractivity contribution in [2.45, 2.75) is 25.4 Å². The van der Waals surface area contributed by atoms with Crippen LogP contribution in [0.3, 0.4) is 0 Å². The SMILES string of the molecule is CC(O)(Cc1ccccc1)Cc1cccnc1. The minimum absolute atomic E-state index is 0.621. The molecule has 1 N–H and O–H groups in total. The van der Waals surface area contributed by atoms with E-state index in [2.05, 4.69) is 4.98 Å². The van der Waals surface area contributed by atoms with Crippen LogP contribution in [0.15, 0.2) is 54.9 Å². The maximum Gasteiger partial charge on any atom is 0.0700 e. The molecule has 2 heteroatoms. The number of pyridine rings is 1. The van der Waals surface area contributed by atoms with E-state index in [0.717, 1.165) is 11.1 Å². The summed E-state index contributed by atoms with van der Waals surface area (Å²) in [6.07, 6.45) is 4.83. The first kappa shape index (κ1) is 11.8. The van der Waals surface area contributed by atoms with Crippen molar-refractivity contribution in [1.82, 2.24) is 4.98 Å². The van der Waals surface area contributed by atoms with Gasteiger partial charge in [0.05, 0.1) is 5.60 Å². The predicted molar refractivity (Wildman–Crippen MR) is 68.7 cm³/mol. The molecule has 2 aromatic rings. The molecule has 0 bridgehead atoms. The van der Waals surface area contributed by atoms with Gasteiger partial charge < -0.3 is 5.11 Å². The first-order valence-corrected chi connectivity index (χ1v) is 5.81. The fraction of sp³-hybridized carbons (Fsp3) is 0.267. The van der Waals surface area contributed by atoms with Crippen LogP contribution in [0.1, 0.15) is 18.1 Å². The molecule has 1 atom stereocenters. The maximum atomic E-state index is 10.4. The van der Waals surface area contributed by atoms with Crippen LogP contribution in [0.25, 0.3) is 0 Å². The van der Waals surface area contributed by atoms with Gasteiger partial charge >= 0.3 is 0 Å². The van der Waals surface area contributed by atoms with E-state index in [9.17, 15) is 5.11 Å². The summed E-state index contributed by atoms with van der Waals surface area (Å²) in [6.45, 7) is 1.87. The summed E-state index contributed by atoms with van der Waals surface area (Å²) in [7, 11) is 0. The summed E-state index contributed by atoms with van der Waals surface area (Å²) < 4.78 is 0. The van der Waals surface area contributed by atoms with Gasteiger partial charge in [0, 0.05) is 25.2 Å². The fourth-order valence-electron chi connectivity index (χ4n) is 2.04. The first-order chi connectivity index (χ1) is 8.16. The Bertz CT molecular complexity index is 407. The molecule has 0 radical (unpaired) electrons. The monoisotopic (exact) mass is 227 g/mol. The van der Waals surface area contributed by atoms with E-state index in [1.165, 1.54) is 0 Å². The molecule has 0 spiro atoms. The molecule has 0 aliphatic carbocycles. The summed E-state index contributed by atoms with van der Waals surface area (Å²) in [5.41, 5.74) is 1.49. The van der Waals surface area contributed by atoms with Crippen molar-refractivity contribution in [3.8, 4) is 0 Å². The van der Waals surface area contributed by atoms with Crippen LogP contribution in [0, 0.1) is 0 Å². The summed E-state index contributed by atoms with van der Waals surface area (Å²) in [5, 5.41) is 10.4. The Morgan fingerprint density at radius 1 is 1.00 bits per heavy atom. The zero-order valence-corrected chi connectivity index (χ0v) is 10.0. The van der Waals surface area contributed by atoms with Crippen molar-refractivity contribution < 1.29 is 5.11 Å². The lowest BCUT2D eigenvalue weighted by atomic mass is 9.90. The van der Waals surface area contributed by atoms with Gasteiger partial charge in [-0.05, 0) is 24.1 Å². The van der Waals surface area contributed by atoms with E-state index in [-0.39, 0.29) is 0 Å². The van der Waals surface area contributed by atoms with Crippen LogP contribution < -0.4 is 0 Å². The second kappa shape index (κ2) is 5.11. The standard InChI is InChI=1S/C15H17NO/c1-15(17,10-13-6-3-2-4-7-13)11-14-8-5-9-16-12-14/h2-9,12,17H,10-11H2,1H3. The minimum atomic E-state index is -0.732. The highest BCUT2D eigenvalue weighted by molar-refractivity contribution is 5.19. The van der Waals surface area contributed by atoms with Gasteiger partial charge in [0.2, 0.25) is 0 Å². The van der Waals surface area contributed by atoms with Crippen LogP contribution in [0.2, 0.25) is 0 Å². The summed E-state index contributed by atoms with van der Waals surface area (Å²) in [6, 6.07) is 13.9. The lowest BCUT2D eigenvalue weighted by Gasteiger charge is -2.23. The van der Waals surface area contributed by atoms with E-state index in [1.54, 1.807) is 12.4 Å². The van der Waals surface area contributed by atoms with Gasteiger partial charge in [0.1, 0.15) is 0 Å². The average Bonchev–Trinajstić information content (AvgIpc) is 2.30. The summed E-state index contributed by atoms with van der Waals surface area (Å²) in [4.78, 5) is 4.06. The third-order valence-electron chi connectivity index (χ3n) is 2.74. The minimum Gasteiger partial charge on any atom is -0.389 e. The molecule has 1 aromatic heterocycles. The van der Waals surface area contributed by atoms with E-state index in [1.807, 2.05) is 49.4 Å². The van der Waals surface area contributed by atoms with Gasteiger partial charge in [0.15, 0.2) is 0 Å². The van der Waals surface area contributed by atoms with E-state index in [4.69, 9.17) is 0 Å². The fourth-order valence-corrected chi connectivity index (χ4v) is 2.04. The second-order valence-electron chi connectivity index (χ2n) is 4.70. The second-order valence-corrected chi connectivity index (χ2v) is 4.70. The number of aromatic nitrogens is 1. The Morgan fingerprint density at radius 2 is 1.65 bits per heavy atom. The molecule has 2 rings (SSSR count). The lowest BCUT2D eigenvalue weighted by Crippen LogP contribution is -2.30. The van der Waals surface area contributed by atoms with Crippen LogP contribution in [-0.2, 0) is 12.8 Å². The molecule has 17 heavy (non-hydrogen) atoms. The van der Waals surface area contributed by atoms with Crippen molar-refractivity contribution >= 4 is 0 Å². The number of hydrogen-bond donors (Lipinski definition) is 1. The first-order valence-electron chi connectivity index (χ1n) is 5.81. The Balaban J connectivity index is 2.04. The van der Waals surface area contributed by atoms with Gasteiger partial charge in [0.25, 0.3) is 0 Å². The van der Waals surface area contributed by atoms with Crippen LogP contribution in [0.5, 0.6) is 0 Å². The molecule has 0 saturated heterocycles. The van der Waals surface area contributed by atoms with Crippen molar-refractivity contribution in [1.29, 1.82) is 0 Å². The molecule has 0 aliphatic rings. The van der Waals surface area contributed by atoms with Crippen molar-refractivity contribution in [3.63, 3.8) is 0 Å². The van der Waals surface area contributed by atoms with Gasteiger partial charge in [-0.15, -0.1) is 0 Å². The number of rotatable bonds is 4. The molecular formula is C15H17NO. The van der Waals surface area contributed by atoms with E-state index < -0.39 is 5.60 Å². The Morgan fingerprint density at radius 3 is 2.29 bits per heavy atom. The van der Waals surface area contributed by atoms with Crippen LogP contribution in [-0.4, -0.2) is 15.7 Å². The quantitative estimate of drug-likeness (QED) is 0.871. The predicted octanol–water partition coefficient (Wildman–Crippen LogP) is 2.62. The molecule has 0 amide bonds. The highest BCUT2D eigenvalue weighted by atomic mass is 16.3. The van der Waals surface area contributed by atoms with Gasteiger partial charge in [-0.25, -0.2) is 0 Å². The van der Waals surface area contributed by atoms with Gasteiger partial charge in [-0.1, -0.05) is 36.4 Å². The van der Waals surface area contributed by atoms with Crippen molar-refractivity contribution in [2.75, 3.05) is 0 Å². The number of aliphatic hydroxyl groups is 1. The Labute approximate surface area is 102 Å². The number of nitrogens with zero attached hydrogens (tertiary/aromatic N) is 1. The molecular weight excluding hydrogens is 210 g/mol. The Kier molecular flexibility index (Phi) is 3.55. The normalized spacial score (nSPS) is 14.2. The lowest BCUT2D eigenvalue weighted by molar-refractivity contribution is 0.0607. The summed E-state index contributed by atoms with van der Waals surface area (Å²) in [5.74, 6) is 0. The Hall–Kier alpha value is -1.67. The largest absolute Gasteiger partial charge is 0.389 e. The van der Waals surface area contributed by atoms with Gasteiger partial charge in [-0.2, -0.15) is 0 Å². The molecule has 1 unspecified atom stereocenters. The van der Waals surface area contributed by atoms with E-state index >= 15 is 0 Å². The van der Waals surface area contributed by atoms with Gasteiger partial charge in [-0.3, -0.25) is 4.98 Å². The van der Waals surface area contributed by atoms with Crippen molar-refractivity contribution in [3.05, 3.63) is 66.0 Å². The molecule has 0 saturated carbocycles. The van der Waals surface area contributed by atoms with Crippen LogP contribution in [0.4, 0.5) is 0 Å². The highest BCUT2D eigenvalue weighted by Gasteiger charge is 2.21. The van der Waals surface area contributed by atoms with E-state index in [0.29, 0.717) is 12.8 Å². The molecule has 1 aromatic carbocycles. The number of hydrogen-bond acceptors (Lipinski definition) is 2. The molecule has 0 fully saturated rings. The highest BCUT2D eigenvalue weighted by Crippen LogP contribution is 2.18.